The topological polar surface area (TPSA) is 70.6 Å². The number of hydrazone groups is 1. The van der Waals surface area contributed by atoms with Gasteiger partial charge in [-0.15, -0.1) is 0 Å². The molecule has 2 amide bonds. The van der Waals surface area contributed by atoms with Crippen LogP contribution < -0.4 is 10.7 Å². The van der Waals surface area contributed by atoms with E-state index < -0.39 is 0 Å². The molecule has 0 spiro atoms. The first-order valence-corrected chi connectivity index (χ1v) is 5.68. The van der Waals surface area contributed by atoms with E-state index >= 15 is 0 Å². The summed E-state index contributed by atoms with van der Waals surface area (Å²) in [5.74, 6) is -0.177. The molecule has 0 aliphatic carbocycles. The van der Waals surface area contributed by atoms with Crippen molar-refractivity contribution in [3.8, 4) is 0 Å². The molecule has 0 aliphatic heterocycles. The average Bonchev–Trinajstić information content (AvgIpc) is 2.23. The molecular formula is C11H21N3O2. The van der Waals surface area contributed by atoms with Gasteiger partial charge in [-0.2, -0.15) is 5.10 Å². The molecule has 5 nitrogen and oxygen atoms in total. The van der Waals surface area contributed by atoms with E-state index in [4.69, 9.17) is 0 Å². The summed E-state index contributed by atoms with van der Waals surface area (Å²) in [5.41, 5.74) is 3.04. The van der Waals surface area contributed by atoms with Gasteiger partial charge in [0, 0.05) is 18.7 Å². The van der Waals surface area contributed by atoms with E-state index in [-0.39, 0.29) is 18.2 Å². The Morgan fingerprint density at radius 3 is 2.44 bits per heavy atom. The third-order valence-corrected chi connectivity index (χ3v) is 1.92. The lowest BCUT2D eigenvalue weighted by atomic mass is 10.2. The highest BCUT2D eigenvalue weighted by atomic mass is 16.2. The van der Waals surface area contributed by atoms with Crippen LogP contribution in [0.15, 0.2) is 5.10 Å². The maximum atomic E-state index is 11.2. The molecule has 0 saturated carbocycles. The van der Waals surface area contributed by atoms with Crippen LogP contribution in [0, 0.1) is 0 Å². The van der Waals surface area contributed by atoms with Gasteiger partial charge in [-0.05, 0) is 20.3 Å². The Bertz CT molecular complexity index is 262. The Morgan fingerprint density at radius 1 is 1.19 bits per heavy atom. The van der Waals surface area contributed by atoms with Crippen LogP contribution in [0.2, 0.25) is 0 Å². The average molecular weight is 227 g/mol. The number of carbonyl (C=O) groups excluding carboxylic acids is 2. The first-order chi connectivity index (χ1) is 7.60. The minimum absolute atomic E-state index is 0.0773. The number of nitrogens with one attached hydrogen (secondary N) is 2. The van der Waals surface area contributed by atoms with Gasteiger partial charge >= 0.3 is 0 Å². The fraction of sp³-hybridized carbons (Fsp3) is 0.727. The normalized spacial score (nSPS) is 11.1. The van der Waals surface area contributed by atoms with Crippen LogP contribution in [0.5, 0.6) is 0 Å². The van der Waals surface area contributed by atoms with Gasteiger partial charge < -0.3 is 5.32 Å². The molecule has 0 fully saturated rings. The number of carbonyl (C=O) groups is 2. The number of hydrogen-bond acceptors (Lipinski definition) is 3. The Kier molecular flexibility index (Phi) is 8.11. The molecule has 0 aromatic carbocycles. The summed E-state index contributed by atoms with van der Waals surface area (Å²) >= 11 is 0. The predicted octanol–water partition coefficient (Wildman–Crippen LogP) is 1.19. The van der Waals surface area contributed by atoms with E-state index in [1.54, 1.807) is 6.92 Å². The highest BCUT2D eigenvalue weighted by Crippen LogP contribution is 1.93. The SMILES string of the molecule is CCCCC(=O)N/N=C(/C)CC(=O)NCC. The smallest absolute Gasteiger partial charge is 0.240 e. The van der Waals surface area contributed by atoms with Crippen molar-refractivity contribution in [2.45, 2.75) is 46.5 Å². The van der Waals surface area contributed by atoms with E-state index in [9.17, 15) is 9.59 Å². The van der Waals surface area contributed by atoms with Gasteiger partial charge in [0.15, 0.2) is 0 Å². The van der Waals surface area contributed by atoms with Crippen LogP contribution in [-0.2, 0) is 9.59 Å². The molecule has 0 bridgehead atoms. The number of rotatable bonds is 7. The van der Waals surface area contributed by atoms with Crippen molar-refractivity contribution in [2.75, 3.05) is 6.54 Å². The molecule has 0 aromatic heterocycles. The monoisotopic (exact) mass is 227 g/mol. The van der Waals surface area contributed by atoms with Crippen LogP contribution in [0.4, 0.5) is 0 Å². The third kappa shape index (κ3) is 7.96. The molecule has 0 rings (SSSR count). The number of nitrogens with zero attached hydrogens (tertiary/aromatic N) is 1. The van der Waals surface area contributed by atoms with Gasteiger partial charge in [0.05, 0.1) is 6.42 Å². The Labute approximate surface area is 96.7 Å². The molecule has 0 radical (unpaired) electrons. The lowest BCUT2D eigenvalue weighted by Gasteiger charge is -2.02. The highest BCUT2D eigenvalue weighted by molar-refractivity contribution is 6.00. The molecule has 5 heteroatoms. The van der Waals surface area contributed by atoms with Gasteiger partial charge in [0.1, 0.15) is 0 Å². The second-order valence-corrected chi connectivity index (χ2v) is 3.62. The zero-order valence-corrected chi connectivity index (χ0v) is 10.3. The summed E-state index contributed by atoms with van der Waals surface area (Å²) in [6.45, 7) is 6.21. The molecular weight excluding hydrogens is 206 g/mol. The lowest BCUT2D eigenvalue weighted by molar-refractivity contribution is -0.121. The molecule has 0 atom stereocenters. The summed E-state index contributed by atoms with van der Waals surface area (Å²) in [6, 6.07) is 0. The van der Waals surface area contributed by atoms with Gasteiger partial charge in [0.2, 0.25) is 11.8 Å². The van der Waals surface area contributed by atoms with Crippen LogP contribution in [-0.4, -0.2) is 24.1 Å². The van der Waals surface area contributed by atoms with Crippen LogP contribution in [0.1, 0.15) is 46.5 Å². The van der Waals surface area contributed by atoms with Crippen molar-refractivity contribution < 1.29 is 9.59 Å². The number of amides is 2. The molecule has 0 unspecified atom stereocenters. The van der Waals surface area contributed by atoms with E-state index in [0.29, 0.717) is 18.7 Å². The van der Waals surface area contributed by atoms with Crippen LogP contribution in [0.25, 0.3) is 0 Å². The molecule has 0 heterocycles. The Morgan fingerprint density at radius 2 is 1.88 bits per heavy atom. The number of hydrogen-bond donors (Lipinski definition) is 2. The minimum atomic E-state index is -0.0999. The fourth-order valence-electron chi connectivity index (χ4n) is 1.08. The minimum Gasteiger partial charge on any atom is -0.356 e. The summed E-state index contributed by atoms with van der Waals surface area (Å²) in [5, 5.41) is 6.52. The molecule has 0 aliphatic rings. The van der Waals surface area contributed by atoms with E-state index in [1.807, 2.05) is 13.8 Å². The molecule has 16 heavy (non-hydrogen) atoms. The van der Waals surface area contributed by atoms with Crippen LogP contribution >= 0.6 is 0 Å². The van der Waals surface area contributed by atoms with Crippen molar-refractivity contribution in [1.29, 1.82) is 0 Å². The largest absolute Gasteiger partial charge is 0.356 e. The van der Waals surface area contributed by atoms with E-state index in [2.05, 4.69) is 15.8 Å². The summed E-state index contributed by atoms with van der Waals surface area (Å²) in [4.78, 5) is 22.4. The first kappa shape index (κ1) is 14.6. The zero-order chi connectivity index (χ0) is 12.4. The van der Waals surface area contributed by atoms with E-state index in [1.165, 1.54) is 0 Å². The van der Waals surface area contributed by atoms with Crippen molar-refractivity contribution >= 4 is 17.5 Å². The maximum absolute atomic E-state index is 11.2. The van der Waals surface area contributed by atoms with Gasteiger partial charge in [-0.25, -0.2) is 5.43 Å². The molecule has 2 N–H and O–H groups in total. The second-order valence-electron chi connectivity index (χ2n) is 3.62. The second kappa shape index (κ2) is 8.88. The van der Waals surface area contributed by atoms with Gasteiger partial charge in [0.25, 0.3) is 0 Å². The molecule has 0 saturated heterocycles. The van der Waals surface area contributed by atoms with Gasteiger partial charge in [-0.3, -0.25) is 9.59 Å². The Hall–Kier alpha value is -1.39. The zero-order valence-electron chi connectivity index (χ0n) is 10.3. The lowest BCUT2D eigenvalue weighted by Crippen LogP contribution is -2.26. The standard InChI is InChI=1S/C11H21N3O2/c1-4-6-7-10(15)14-13-9(3)8-11(16)12-5-2/h4-8H2,1-3H3,(H,12,16)(H,14,15)/b13-9-. The maximum Gasteiger partial charge on any atom is 0.240 e. The first-order valence-electron chi connectivity index (χ1n) is 5.68. The number of unbranched alkanes of at least 4 members (excludes halogenated alkanes) is 1. The summed E-state index contributed by atoms with van der Waals surface area (Å²) in [7, 11) is 0. The molecule has 92 valence electrons. The predicted molar refractivity (Wildman–Crippen MR) is 64.1 cm³/mol. The van der Waals surface area contributed by atoms with Gasteiger partial charge in [-0.1, -0.05) is 13.3 Å². The Balaban J connectivity index is 3.85. The van der Waals surface area contributed by atoms with E-state index in [0.717, 1.165) is 12.8 Å². The quantitative estimate of drug-likeness (QED) is 0.506. The van der Waals surface area contributed by atoms with Crippen molar-refractivity contribution in [1.82, 2.24) is 10.7 Å². The van der Waals surface area contributed by atoms with Crippen molar-refractivity contribution in [3.63, 3.8) is 0 Å². The summed E-state index contributed by atoms with van der Waals surface area (Å²) < 4.78 is 0. The summed E-state index contributed by atoms with van der Waals surface area (Å²) in [6.07, 6.45) is 2.54. The highest BCUT2D eigenvalue weighted by Gasteiger charge is 2.03. The third-order valence-electron chi connectivity index (χ3n) is 1.92. The van der Waals surface area contributed by atoms with Crippen molar-refractivity contribution in [2.24, 2.45) is 5.10 Å². The molecule has 0 aromatic rings. The van der Waals surface area contributed by atoms with Crippen LogP contribution in [0.3, 0.4) is 0 Å². The van der Waals surface area contributed by atoms with Crippen molar-refractivity contribution in [3.05, 3.63) is 0 Å². The fourth-order valence-corrected chi connectivity index (χ4v) is 1.08.